The lowest BCUT2D eigenvalue weighted by molar-refractivity contribution is 0.415. The van der Waals surface area contributed by atoms with Gasteiger partial charge in [0.15, 0.2) is 5.82 Å². The minimum atomic E-state index is 0.361. The van der Waals surface area contributed by atoms with E-state index < -0.39 is 0 Å². The molecule has 0 saturated heterocycles. The van der Waals surface area contributed by atoms with Crippen LogP contribution in [-0.2, 0) is 6.42 Å². The second-order valence-corrected chi connectivity index (χ2v) is 4.70. The standard InChI is InChI=1S/C14H20N4O/c1-10(2)14-16-13(17-18-14)8-9-15-11-4-6-12(19-3)7-5-11/h4-7,10,15H,8-9H2,1-3H3,(H,16,17,18). The first kappa shape index (κ1) is 13.4. The van der Waals surface area contributed by atoms with E-state index in [9.17, 15) is 0 Å². The van der Waals surface area contributed by atoms with Crippen molar-refractivity contribution < 1.29 is 4.74 Å². The number of aromatic amines is 1. The Kier molecular flexibility index (Phi) is 4.39. The molecule has 102 valence electrons. The van der Waals surface area contributed by atoms with Gasteiger partial charge in [-0.2, -0.15) is 5.10 Å². The fourth-order valence-electron chi connectivity index (χ4n) is 1.71. The molecule has 5 heteroatoms. The molecule has 5 nitrogen and oxygen atoms in total. The molecular formula is C14H20N4O. The Hall–Kier alpha value is -2.04. The topological polar surface area (TPSA) is 62.8 Å². The Labute approximate surface area is 113 Å². The van der Waals surface area contributed by atoms with Crippen molar-refractivity contribution in [1.82, 2.24) is 15.2 Å². The highest BCUT2D eigenvalue weighted by molar-refractivity contribution is 5.46. The lowest BCUT2D eigenvalue weighted by Gasteiger charge is -2.06. The minimum absolute atomic E-state index is 0.361. The first-order valence-corrected chi connectivity index (χ1v) is 6.48. The van der Waals surface area contributed by atoms with Crippen LogP contribution in [0.15, 0.2) is 24.3 Å². The molecule has 0 aliphatic heterocycles. The Balaban J connectivity index is 1.81. The third-order valence-electron chi connectivity index (χ3n) is 2.85. The molecule has 0 radical (unpaired) electrons. The molecule has 1 aromatic heterocycles. The summed E-state index contributed by atoms with van der Waals surface area (Å²) in [5.41, 5.74) is 1.07. The van der Waals surface area contributed by atoms with E-state index in [4.69, 9.17) is 4.74 Å². The number of rotatable bonds is 6. The van der Waals surface area contributed by atoms with Crippen molar-refractivity contribution in [3.8, 4) is 5.75 Å². The van der Waals surface area contributed by atoms with Gasteiger partial charge in [0.2, 0.25) is 0 Å². The second-order valence-electron chi connectivity index (χ2n) is 4.70. The van der Waals surface area contributed by atoms with Gasteiger partial charge in [0.05, 0.1) is 7.11 Å². The average Bonchev–Trinajstić information content (AvgIpc) is 2.89. The van der Waals surface area contributed by atoms with Crippen molar-refractivity contribution in [3.05, 3.63) is 35.9 Å². The van der Waals surface area contributed by atoms with Gasteiger partial charge in [0.25, 0.3) is 0 Å². The van der Waals surface area contributed by atoms with E-state index in [1.165, 1.54) is 0 Å². The molecule has 0 atom stereocenters. The van der Waals surface area contributed by atoms with Crippen LogP contribution in [0, 0.1) is 0 Å². The van der Waals surface area contributed by atoms with E-state index in [1.54, 1.807) is 7.11 Å². The summed E-state index contributed by atoms with van der Waals surface area (Å²) in [6.45, 7) is 4.99. The van der Waals surface area contributed by atoms with E-state index in [0.29, 0.717) is 5.92 Å². The molecule has 0 spiro atoms. The Bertz CT molecular complexity index is 504. The predicted octanol–water partition coefficient (Wildman–Crippen LogP) is 2.59. The number of anilines is 1. The quantitative estimate of drug-likeness (QED) is 0.838. The molecule has 0 fully saturated rings. The highest BCUT2D eigenvalue weighted by Gasteiger charge is 2.06. The number of methoxy groups -OCH3 is 1. The van der Waals surface area contributed by atoms with Crippen molar-refractivity contribution >= 4 is 5.69 Å². The van der Waals surface area contributed by atoms with Gasteiger partial charge in [-0.05, 0) is 24.3 Å². The summed E-state index contributed by atoms with van der Waals surface area (Å²) in [7, 11) is 1.67. The van der Waals surface area contributed by atoms with Crippen LogP contribution in [0.1, 0.15) is 31.4 Å². The van der Waals surface area contributed by atoms with Gasteiger partial charge in [-0.3, -0.25) is 5.10 Å². The van der Waals surface area contributed by atoms with Crippen LogP contribution in [0.25, 0.3) is 0 Å². The molecule has 0 saturated carbocycles. The highest BCUT2D eigenvalue weighted by atomic mass is 16.5. The van der Waals surface area contributed by atoms with Crippen molar-refractivity contribution in [3.63, 3.8) is 0 Å². The monoisotopic (exact) mass is 260 g/mol. The minimum Gasteiger partial charge on any atom is -0.497 e. The highest BCUT2D eigenvalue weighted by Crippen LogP contribution is 2.15. The van der Waals surface area contributed by atoms with E-state index in [-0.39, 0.29) is 0 Å². The van der Waals surface area contributed by atoms with Gasteiger partial charge in [-0.15, -0.1) is 0 Å². The third-order valence-corrected chi connectivity index (χ3v) is 2.85. The fraction of sp³-hybridized carbons (Fsp3) is 0.429. The molecule has 0 bridgehead atoms. The lowest BCUT2D eigenvalue weighted by Crippen LogP contribution is -2.06. The van der Waals surface area contributed by atoms with Crippen LogP contribution in [0.5, 0.6) is 5.75 Å². The van der Waals surface area contributed by atoms with Crippen molar-refractivity contribution in [2.75, 3.05) is 19.0 Å². The number of benzene rings is 1. The van der Waals surface area contributed by atoms with E-state index in [0.717, 1.165) is 36.1 Å². The molecular weight excluding hydrogens is 240 g/mol. The number of nitrogens with zero attached hydrogens (tertiary/aromatic N) is 2. The normalized spacial score (nSPS) is 10.7. The van der Waals surface area contributed by atoms with E-state index >= 15 is 0 Å². The molecule has 1 aromatic carbocycles. The summed E-state index contributed by atoms with van der Waals surface area (Å²) in [5.74, 6) is 3.02. The Morgan fingerprint density at radius 3 is 2.58 bits per heavy atom. The van der Waals surface area contributed by atoms with Crippen LogP contribution in [0.2, 0.25) is 0 Å². The number of hydrogen-bond acceptors (Lipinski definition) is 4. The number of ether oxygens (including phenoxy) is 1. The summed E-state index contributed by atoms with van der Waals surface area (Å²) in [6.07, 6.45) is 0.825. The fourth-order valence-corrected chi connectivity index (χ4v) is 1.71. The van der Waals surface area contributed by atoms with Gasteiger partial charge in [-0.1, -0.05) is 13.8 Å². The van der Waals surface area contributed by atoms with Gasteiger partial charge in [0.1, 0.15) is 11.6 Å². The summed E-state index contributed by atoms with van der Waals surface area (Å²) in [5, 5.41) is 10.5. The maximum atomic E-state index is 5.12. The zero-order valence-electron chi connectivity index (χ0n) is 11.6. The SMILES string of the molecule is COc1ccc(NCCc2nc(C(C)C)n[nH]2)cc1. The number of aromatic nitrogens is 3. The largest absolute Gasteiger partial charge is 0.497 e. The zero-order chi connectivity index (χ0) is 13.7. The van der Waals surface area contributed by atoms with Crippen LogP contribution >= 0.6 is 0 Å². The van der Waals surface area contributed by atoms with Crippen molar-refractivity contribution in [2.45, 2.75) is 26.2 Å². The van der Waals surface area contributed by atoms with Crippen LogP contribution in [-0.4, -0.2) is 28.8 Å². The van der Waals surface area contributed by atoms with Gasteiger partial charge in [-0.25, -0.2) is 4.98 Å². The van der Waals surface area contributed by atoms with Crippen LogP contribution in [0.4, 0.5) is 5.69 Å². The number of hydrogen-bond donors (Lipinski definition) is 2. The molecule has 19 heavy (non-hydrogen) atoms. The van der Waals surface area contributed by atoms with Crippen LogP contribution in [0.3, 0.4) is 0 Å². The summed E-state index contributed by atoms with van der Waals surface area (Å²) in [4.78, 5) is 4.44. The molecule has 0 aliphatic rings. The van der Waals surface area contributed by atoms with Gasteiger partial charge >= 0.3 is 0 Å². The molecule has 1 heterocycles. The Morgan fingerprint density at radius 1 is 1.26 bits per heavy atom. The summed E-state index contributed by atoms with van der Waals surface area (Å²) >= 11 is 0. The van der Waals surface area contributed by atoms with E-state index in [1.807, 2.05) is 24.3 Å². The van der Waals surface area contributed by atoms with Crippen LogP contribution < -0.4 is 10.1 Å². The average molecular weight is 260 g/mol. The molecule has 0 aliphatic carbocycles. The zero-order valence-corrected chi connectivity index (χ0v) is 11.6. The molecule has 2 rings (SSSR count). The first-order valence-electron chi connectivity index (χ1n) is 6.48. The smallest absolute Gasteiger partial charge is 0.153 e. The lowest BCUT2D eigenvalue weighted by atomic mass is 10.2. The van der Waals surface area contributed by atoms with Gasteiger partial charge < -0.3 is 10.1 Å². The third kappa shape index (κ3) is 3.71. The van der Waals surface area contributed by atoms with Gasteiger partial charge in [0, 0.05) is 24.6 Å². The molecule has 0 amide bonds. The second kappa shape index (κ2) is 6.22. The maximum absolute atomic E-state index is 5.12. The Morgan fingerprint density at radius 2 is 2.00 bits per heavy atom. The first-order chi connectivity index (χ1) is 9.19. The molecule has 0 unspecified atom stereocenters. The number of nitrogens with one attached hydrogen (secondary N) is 2. The predicted molar refractivity (Wildman–Crippen MR) is 75.7 cm³/mol. The molecule has 2 N–H and O–H groups in total. The van der Waals surface area contributed by atoms with Crippen molar-refractivity contribution in [2.24, 2.45) is 0 Å². The van der Waals surface area contributed by atoms with E-state index in [2.05, 4.69) is 34.3 Å². The summed E-state index contributed by atoms with van der Waals surface area (Å²) < 4.78 is 5.12. The summed E-state index contributed by atoms with van der Waals surface area (Å²) in [6, 6.07) is 7.87. The molecule has 2 aromatic rings. The number of H-pyrrole nitrogens is 1. The maximum Gasteiger partial charge on any atom is 0.153 e. The van der Waals surface area contributed by atoms with Crippen molar-refractivity contribution in [1.29, 1.82) is 0 Å².